The van der Waals surface area contributed by atoms with Gasteiger partial charge in [-0.15, -0.1) is 0 Å². The summed E-state index contributed by atoms with van der Waals surface area (Å²) in [5, 5.41) is 3.51. The van der Waals surface area contributed by atoms with Crippen LogP contribution in [0.4, 0.5) is 0 Å². The Morgan fingerprint density at radius 2 is 1.85 bits per heavy atom. The third-order valence-electron chi connectivity index (χ3n) is 4.02. The average molecular weight is 378 g/mol. The molecule has 3 rings (SSSR count). The van der Waals surface area contributed by atoms with Crippen LogP contribution in [0.15, 0.2) is 60.7 Å². The molecule has 136 valence electrons. The highest BCUT2D eigenvalue weighted by Crippen LogP contribution is 2.26. The summed E-state index contributed by atoms with van der Waals surface area (Å²) in [5.74, 6) is 0.406. The Labute approximate surface area is 163 Å². The first kappa shape index (κ1) is 18.8. The molecule has 0 saturated carbocycles. The lowest BCUT2D eigenvalue weighted by atomic mass is 10.0. The molecule has 1 amide bonds. The minimum Gasteiger partial charge on any atom is -0.348 e. The van der Waals surface area contributed by atoms with Crippen LogP contribution in [0.2, 0.25) is 5.02 Å². The molecule has 4 nitrogen and oxygen atoms in total. The lowest BCUT2D eigenvalue weighted by Crippen LogP contribution is -2.26. The van der Waals surface area contributed by atoms with Crippen molar-refractivity contribution in [2.45, 2.75) is 13.8 Å². The van der Waals surface area contributed by atoms with Crippen molar-refractivity contribution in [2.24, 2.45) is 0 Å². The number of carbonyl (C=O) groups excluding carboxylic acids is 1. The number of hydrogen-bond donors (Lipinski definition) is 1. The number of halogens is 1. The van der Waals surface area contributed by atoms with Gasteiger partial charge in [0.1, 0.15) is 5.82 Å². The summed E-state index contributed by atoms with van der Waals surface area (Å²) in [6.07, 6.45) is 3.88. The standard InChI is InChI=1S/C22H20ClN3O/c1-15-20(22(27)24-13-7-10-17-8-4-3-5-9-17)21(26-16(2)25-15)18-11-6-12-19(23)14-18/h3-12,14H,13H2,1-2H3,(H,24,27). The van der Waals surface area contributed by atoms with Crippen LogP contribution in [0.3, 0.4) is 0 Å². The summed E-state index contributed by atoms with van der Waals surface area (Å²) in [7, 11) is 0. The van der Waals surface area contributed by atoms with Crippen molar-refractivity contribution in [1.29, 1.82) is 0 Å². The van der Waals surface area contributed by atoms with E-state index in [0.29, 0.717) is 34.3 Å². The number of carbonyl (C=O) groups is 1. The van der Waals surface area contributed by atoms with Gasteiger partial charge in [0.25, 0.3) is 5.91 Å². The van der Waals surface area contributed by atoms with Crippen LogP contribution in [0.5, 0.6) is 0 Å². The first-order chi connectivity index (χ1) is 13.0. The molecule has 5 heteroatoms. The van der Waals surface area contributed by atoms with Crippen molar-refractivity contribution < 1.29 is 4.79 Å². The average Bonchev–Trinajstić information content (AvgIpc) is 2.65. The Bertz CT molecular complexity index is 984. The molecule has 2 aromatic carbocycles. The number of nitrogens with zero attached hydrogens (tertiary/aromatic N) is 2. The summed E-state index contributed by atoms with van der Waals surface area (Å²) in [4.78, 5) is 21.7. The molecule has 27 heavy (non-hydrogen) atoms. The number of aromatic nitrogens is 2. The fourth-order valence-electron chi connectivity index (χ4n) is 2.83. The van der Waals surface area contributed by atoms with Gasteiger partial charge < -0.3 is 5.32 Å². The van der Waals surface area contributed by atoms with Gasteiger partial charge in [0.15, 0.2) is 0 Å². The monoisotopic (exact) mass is 377 g/mol. The summed E-state index contributed by atoms with van der Waals surface area (Å²) >= 11 is 6.11. The van der Waals surface area contributed by atoms with Crippen molar-refractivity contribution >= 4 is 23.6 Å². The van der Waals surface area contributed by atoms with E-state index in [1.165, 1.54) is 0 Å². The molecule has 0 saturated heterocycles. The second kappa shape index (κ2) is 8.60. The number of hydrogen-bond acceptors (Lipinski definition) is 3. The van der Waals surface area contributed by atoms with Gasteiger partial charge in [-0.25, -0.2) is 9.97 Å². The third-order valence-corrected chi connectivity index (χ3v) is 4.25. The lowest BCUT2D eigenvalue weighted by molar-refractivity contribution is 0.0957. The molecule has 1 N–H and O–H groups in total. The number of benzene rings is 2. The number of aryl methyl sites for hydroxylation is 2. The predicted octanol–water partition coefficient (Wildman–Crippen LogP) is 4.86. The van der Waals surface area contributed by atoms with Crippen molar-refractivity contribution in [1.82, 2.24) is 15.3 Å². The maximum absolute atomic E-state index is 12.8. The van der Waals surface area contributed by atoms with Crippen LogP contribution < -0.4 is 5.32 Å². The Morgan fingerprint density at radius 3 is 2.59 bits per heavy atom. The summed E-state index contributed by atoms with van der Waals surface area (Å²) < 4.78 is 0. The van der Waals surface area contributed by atoms with E-state index in [2.05, 4.69) is 15.3 Å². The zero-order chi connectivity index (χ0) is 19.2. The molecule has 3 aromatic rings. The highest BCUT2D eigenvalue weighted by molar-refractivity contribution is 6.30. The second-order valence-corrected chi connectivity index (χ2v) is 6.55. The molecule has 0 aliphatic rings. The summed E-state index contributed by atoms with van der Waals surface area (Å²) in [6, 6.07) is 17.3. The highest BCUT2D eigenvalue weighted by atomic mass is 35.5. The summed E-state index contributed by atoms with van der Waals surface area (Å²) in [5.41, 5.74) is 3.58. The molecule has 0 radical (unpaired) electrons. The lowest BCUT2D eigenvalue weighted by Gasteiger charge is -2.12. The van der Waals surface area contributed by atoms with Gasteiger partial charge in [-0.3, -0.25) is 4.79 Å². The molecule has 0 fully saturated rings. The Hall–Kier alpha value is -2.98. The van der Waals surface area contributed by atoms with Crippen molar-refractivity contribution in [3.05, 3.63) is 88.3 Å². The topological polar surface area (TPSA) is 54.9 Å². The zero-order valence-corrected chi connectivity index (χ0v) is 16.0. The van der Waals surface area contributed by atoms with Gasteiger partial charge in [-0.05, 0) is 31.5 Å². The Balaban J connectivity index is 1.83. The molecular weight excluding hydrogens is 358 g/mol. The number of nitrogens with one attached hydrogen (secondary N) is 1. The van der Waals surface area contributed by atoms with Gasteiger partial charge in [0.2, 0.25) is 0 Å². The van der Waals surface area contributed by atoms with Crippen LogP contribution in [0, 0.1) is 13.8 Å². The van der Waals surface area contributed by atoms with Crippen LogP contribution in [-0.2, 0) is 0 Å². The van der Waals surface area contributed by atoms with Gasteiger partial charge >= 0.3 is 0 Å². The van der Waals surface area contributed by atoms with E-state index in [-0.39, 0.29) is 5.91 Å². The second-order valence-electron chi connectivity index (χ2n) is 6.11. The van der Waals surface area contributed by atoms with E-state index in [4.69, 9.17) is 11.6 Å². The molecule has 0 aliphatic heterocycles. The van der Waals surface area contributed by atoms with Gasteiger partial charge in [-0.1, -0.05) is 66.2 Å². The van der Waals surface area contributed by atoms with Crippen LogP contribution >= 0.6 is 11.6 Å². The first-order valence-electron chi connectivity index (χ1n) is 8.65. The maximum Gasteiger partial charge on any atom is 0.255 e. The van der Waals surface area contributed by atoms with Crippen LogP contribution in [-0.4, -0.2) is 22.4 Å². The van der Waals surface area contributed by atoms with Crippen molar-refractivity contribution in [3.8, 4) is 11.3 Å². The van der Waals surface area contributed by atoms with E-state index in [0.717, 1.165) is 11.1 Å². The largest absolute Gasteiger partial charge is 0.348 e. The molecule has 0 aliphatic carbocycles. The predicted molar refractivity (Wildman–Crippen MR) is 110 cm³/mol. The van der Waals surface area contributed by atoms with Gasteiger partial charge in [0.05, 0.1) is 17.0 Å². The molecule has 1 heterocycles. The minimum atomic E-state index is -0.208. The molecule has 0 atom stereocenters. The molecule has 0 unspecified atom stereocenters. The van der Waals surface area contributed by atoms with E-state index >= 15 is 0 Å². The van der Waals surface area contributed by atoms with E-state index in [1.54, 1.807) is 12.1 Å². The smallest absolute Gasteiger partial charge is 0.255 e. The summed E-state index contributed by atoms with van der Waals surface area (Å²) in [6.45, 7) is 4.04. The van der Waals surface area contributed by atoms with Crippen molar-refractivity contribution in [2.75, 3.05) is 6.54 Å². The van der Waals surface area contributed by atoms with Gasteiger partial charge in [0, 0.05) is 17.1 Å². The SMILES string of the molecule is Cc1nc(C)c(C(=O)NCC=Cc2ccccc2)c(-c2cccc(Cl)c2)n1. The normalized spacial score (nSPS) is 10.9. The zero-order valence-electron chi connectivity index (χ0n) is 15.2. The maximum atomic E-state index is 12.8. The highest BCUT2D eigenvalue weighted by Gasteiger charge is 2.18. The van der Waals surface area contributed by atoms with Crippen LogP contribution in [0.1, 0.15) is 27.4 Å². The Kier molecular flexibility index (Phi) is 5.99. The minimum absolute atomic E-state index is 0.208. The van der Waals surface area contributed by atoms with Crippen LogP contribution in [0.25, 0.3) is 17.3 Å². The molecular formula is C22H20ClN3O. The molecule has 0 spiro atoms. The van der Waals surface area contributed by atoms with Gasteiger partial charge in [-0.2, -0.15) is 0 Å². The first-order valence-corrected chi connectivity index (χ1v) is 9.03. The Morgan fingerprint density at radius 1 is 1.07 bits per heavy atom. The van der Waals surface area contributed by atoms with E-state index in [9.17, 15) is 4.79 Å². The molecule has 1 aromatic heterocycles. The molecule has 0 bridgehead atoms. The quantitative estimate of drug-likeness (QED) is 0.691. The van der Waals surface area contributed by atoms with E-state index in [1.807, 2.05) is 68.5 Å². The fourth-order valence-corrected chi connectivity index (χ4v) is 3.02. The van der Waals surface area contributed by atoms with Crippen molar-refractivity contribution in [3.63, 3.8) is 0 Å². The number of rotatable bonds is 5. The fraction of sp³-hybridized carbons (Fsp3) is 0.136. The third kappa shape index (κ3) is 4.80. The van der Waals surface area contributed by atoms with E-state index < -0.39 is 0 Å². The number of amides is 1.